The van der Waals surface area contributed by atoms with Crippen LogP contribution in [-0.2, 0) is 6.42 Å². The molecular formula is C15H14F3N3O3. The lowest BCUT2D eigenvalue weighted by Gasteiger charge is -2.09. The van der Waals surface area contributed by atoms with Crippen molar-refractivity contribution in [3.05, 3.63) is 47.8 Å². The van der Waals surface area contributed by atoms with Crippen molar-refractivity contribution in [2.75, 3.05) is 18.5 Å². The highest BCUT2D eigenvalue weighted by molar-refractivity contribution is 5.85. The molecule has 0 fully saturated rings. The van der Waals surface area contributed by atoms with Crippen LogP contribution in [-0.4, -0.2) is 40.4 Å². The lowest BCUT2D eigenvalue weighted by atomic mass is 10.2. The van der Waals surface area contributed by atoms with E-state index in [4.69, 9.17) is 5.11 Å². The smallest absolute Gasteiger partial charge is 0.422 e. The quantitative estimate of drug-likeness (QED) is 0.806. The summed E-state index contributed by atoms with van der Waals surface area (Å²) in [6, 6.07) is 7.58. The Bertz CT molecular complexity index is 690. The summed E-state index contributed by atoms with van der Waals surface area (Å²) in [6.07, 6.45) is -2.44. The van der Waals surface area contributed by atoms with E-state index in [1.165, 1.54) is 18.3 Å². The third kappa shape index (κ3) is 5.75. The maximum Gasteiger partial charge on any atom is 0.422 e. The van der Waals surface area contributed by atoms with Crippen molar-refractivity contribution in [2.24, 2.45) is 0 Å². The number of anilines is 1. The normalized spacial score (nSPS) is 11.1. The first-order valence-corrected chi connectivity index (χ1v) is 6.92. The third-order valence-corrected chi connectivity index (χ3v) is 2.87. The van der Waals surface area contributed by atoms with Crippen LogP contribution in [0.25, 0.3) is 0 Å². The molecule has 9 heteroatoms. The van der Waals surface area contributed by atoms with Gasteiger partial charge in [0.2, 0.25) is 5.88 Å². The summed E-state index contributed by atoms with van der Waals surface area (Å²) in [7, 11) is 0. The number of hydrogen-bond acceptors (Lipinski definition) is 5. The standard InChI is InChI=1S/C15H14F3N3O3/c16-15(17,18)9-24-13-5-4-10(8-20-13)6-7-19-12-3-1-2-11(21-12)14(22)23/h1-5,8H,6-7,9H2,(H,19,21)(H,22,23). The maximum atomic E-state index is 12.0. The van der Waals surface area contributed by atoms with Gasteiger partial charge in [-0.25, -0.2) is 14.8 Å². The second kappa shape index (κ2) is 7.62. The number of aromatic nitrogens is 2. The van der Waals surface area contributed by atoms with Gasteiger partial charge in [0.05, 0.1) is 0 Å². The first-order chi connectivity index (χ1) is 11.3. The van der Waals surface area contributed by atoms with E-state index in [0.717, 1.165) is 5.56 Å². The predicted octanol–water partition coefficient (Wildman–Crippen LogP) is 2.77. The van der Waals surface area contributed by atoms with Crippen molar-refractivity contribution in [3.8, 4) is 5.88 Å². The monoisotopic (exact) mass is 341 g/mol. The number of nitrogens with one attached hydrogen (secondary N) is 1. The summed E-state index contributed by atoms with van der Waals surface area (Å²) in [4.78, 5) is 18.5. The third-order valence-electron chi connectivity index (χ3n) is 2.87. The first kappa shape index (κ1) is 17.5. The molecule has 0 aromatic carbocycles. The Morgan fingerprint density at radius 3 is 2.67 bits per heavy atom. The molecule has 2 aromatic rings. The predicted molar refractivity (Wildman–Crippen MR) is 79.2 cm³/mol. The maximum absolute atomic E-state index is 12.0. The number of nitrogens with zero attached hydrogens (tertiary/aromatic N) is 2. The Hall–Kier alpha value is -2.84. The van der Waals surface area contributed by atoms with Crippen molar-refractivity contribution >= 4 is 11.8 Å². The summed E-state index contributed by atoms with van der Waals surface area (Å²) >= 11 is 0. The topological polar surface area (TPSA) is 84.3 Å². The molecule has 2 aromatic heterocycles. The van der Waals surface area contributed by atoms with E-state index < -0.39 is 18.8 Å². The number of pyridine rings is 2. The molecule has 0 radical (unpaired) electrons. The molecule has 2 rings (SSSR count). The molecule has 0 aliphatic heterocycles. The molecule has 0 atom stereocenters. The Kier molecular flexibility index (Phi) is 5.56. The fraction of sp³-hybridized carbons (Fsp3) is 0.267. The second-order valence-corrected chi connectivity index (χ2v) is 4.80. The van der Waals surface area contributed by atoms with Crippen molar-refractivity contribution in [1.82, 2.24) is 9.97 Å². The number of carboxylic acid groups (broad SMARTS) is 1. The number of rotatable bonds is 7. The molecule has 2 N–H and O–H groups in total. The molecule has 0 unspecified atom stereocenters. The second-order valence-electron chi connectivity index (χ2n) is 4.80. The van der Waals surface area contributed by atoms with Gasteiger partial charge in [0.25, 0.3) is 0 Å². The van der Waals surface area contributed by atoms with Gasteiger partial charge >= 0.3 is 12.1 Å². The Labute approximate surface area is 135 Å². The van der Waals surface area contributed by atoms with E-state index in [1.54, 1.807) is 18.2 Å². The molecule has 0 saturated heterocycles. The number of aromatic carboxylic acids is 1. The fourth-order valence-corrected chi connectivity index (χ4v) is 1.79. The molecule has 0 spiro atoms. The van der Waals surface area contributed by atoms with Gasteiger partial charge in [-0.15, -0.1) is 0 Å². The lowest BCUT2D eigenvalue weighted by molar-refractivity contribution is -0.154. The van der Waals surface area contributed by atoms with Crippen LogP contribution in [0.3, 0.4) is 0 Å². The molecule has 128 valence electrons. The molecule has 2 heterocycles. The van der Waals surface area contributed by atoms with Gasteiger partial charge in [0, 0.05) is 18.8 Å². The van der Waals surface area contributed by atoms with Gasteiger partial charge < -0.3 is 15.2 Å². The number of alkyl halides is 3. The fourth-order valence-electron chi connectivity index (χ4n) is 1.79. The van der Waals surface area contributed by atoms with Crippen molar-refractivity contribution in [2.45, 2.75) is 12.6 Å². The highest BCUT2D eigenvalue weighted by Gasteiger charge is 2.28. The number of carboxylic acids is 1. The van der Waals surface area contributed by atoms with Crippen LogP contribution >= 0.6 is 0 Å². The van der Waals surface area contributed by atoms with Gasteiger partial charge in [-0.3, -0.25) is 0 Å². The minimum absolute atomic E-state index is 0.0622. The van der Waals surface area contributed by atoms with E-state index in [9.17, 15) is 18.0 Å². The average Bonchev–Trinajstić information content (AvgIpc) is 2.54. The number of hydrogen-bond donors (Lipinski definition) is 2. The van der Waals surface area contributed by atoms with E-state index in [1.807, 2.05) is 0 Å². The number of ether oxygens (including phenoxy) is 1. The highest BCUT2D eigenvalue weighted by atomic mass is 19.4. The molecule has 0 aliphatic rings. The van der Waals surface area contributed by atoms with E-state index >= 15 is 0 Å². The van der Waals surface area contributed by atoms with Crippen molar-refractivity contribution in [3.63, 3.8) is 0 Å². The van der Waals surface area contributed by atoms with Crippen LogP contribution in [0, 0.1) is 0 Å². The van der Waals surface area contributed by atoms with Gasteiger partial charge in [0.15, 0.2) is 12.3 Å². The van der Waals surface area contributed by atoms with Gasteiger partial charge in [0.1, 0.15) is 5.82 Å². The molecule has 0 saturated carbocycles. The van der Waals surface area contributed by atoms with Crippen LogP contribution in [0.1, 0.15) is 16.1 Å². The van der Waals surface area contributed by atoms with Gasteiger partial charge in [-0.2, -0.15) is 13.2 Å². The molecule has 0 amide bonds. The summed E-state index contributed by atoms with van der Waals surface area (Å²) in [5, 5.41) is 11.8. The largest absolute Gasteiger partial charge is 0.477 e. The summed E-state index contributed by atoms with van der Waals surface area (Å²) in [5.41, 5.74) is 0.726. The molecule has 24 heavy (non-hydrogen) atoms. The van der Waals surface area contributed by atoms with Gasteiger partial charge in [-0.05, 0) is 24.1 Å². The summed E-state index contributed by atoms with van der Waals surface area (Å²) < 4.78 is 40.6. The van der Waals surface area contributed by atoms with Crippen LogP contribution in [0.15, 0.2) is 36.5 Å². The Morgan fingerprint density at radius 2 is 2.04 bits per heavy atom. The van der Waals surface area contributed by atoms with Crippen LogP contribution in [0.5, 0.6) is 5.88 Å². The van der Waals surface area contributed by atoms with Crippen LogP contribution in [0.2, 0.25) is 0 Å². The molecule has 0 bridgehead atoms. The zero-order valence-electron chi connectivity index (χ0n) is 12.4. The molecule has 6 nitrogen and oxygen atoms in total. The van der Waals surface area contributed by atoms with Crippen LogP contribution < -0.4 is 10.1 Å². The van der Waals surface area contributed by atoms with E-state index in [2.05, 4.69) is 20.0 Å². The van der Waals surface area contributed by atoms with Crippen molar-refractivity contribution < 1.29 is 27.8 Å². The average molecular weight is 341 g/mol. The molecular weight excluding hydrogens is 327 g/mol. The first-order valence-electron chi connectivity index (χ1n) is 6.92. The minimum Gasteiger partial charge on any atom is -0.477 e. The van der Waals surface area contributed by atoms with E-state index in [-0.39, 0.29) is 11.6 Å². The number of halogens is 3. The Balaban J connectivity index is 1.82. The van der Waals surface area contributed by atoms with E-state index in [0.29, 0.717) is 18.8 Å². The number of carbonyl (C=O) groups is 1. The lowest BCUT2D eigenvalue weighted by Crippen LogP contribution is -2.19. The summed E-state index contributed by atoms with van der Waals surface area (Å²) in [5.74, 6) is -0.787. The van der Waals surface area contributed by atoms with Crippen molar-refractivity contribution in [1.29, 1.82) is 0 Å². The van der Waals surface area contributed by atoms with Crippen LogP contribution in [0.4, 0.5) is 19.0 Å². The van der Waals surface area contributed by atoms with Gasteiger partial charge in [-0.1, -0.05) is 12.1 Å². The Morgan fingerprint density at radius 1 is 1.25 bits per heavy atom. The highest BCUT2D eigenvalue weighted by Crippen LogP contribution is 2.17. The summed E-state index contributed by atoms with van der Waals surface area (Å²) in [6.45, 7) is -0.924. The zero-order chi connectivity index (χ0) is 17.6. The minimum atomic E-state index is -4.40. The zero-order valence-corrected chi connectivity index (χ0v) is 12.4. The SMILES string of the molecule is O=C(O)c1cccc(NCCc2ccc(OCC(F)(F)F)nc2)n1. The molecule has 0 aliphatic carbocycles.